The van der Waals surface area contributed by atoms with E-state index in [1.807, 2.05) is 11.8 Å². The summed E-state index contributed by atoms with van der Waals surface area (Å²) in [6, 6.07) is 19.5. The van der Waals surface area contributed by atoms with Gasteiger partial charge >= 0.3 is 0 Å². The molecule has 0 spiro atoms. The van der Waals surface area contributed by atoms with E-state index >= 15 is 0 Å². The van der Waals surface area contributed by atoms with Crippen LogP contribution in [-0.2, 0) is 12.8 Å². The maximum atomic E-state index is 3.61. The van der Waals surface area contributed by atoms with Crippen molar-refractivity contribution in [1.29, 1.82) is 0 Å². The molecule has 0 amide bonds. The minimum Gasteiger partial charge on any atom is -0.316 e. The number of hydrogen-bond acceptors (Lipinski definition) is 2. The number of nitrogens with one attached hydrogen (secondary N) is 1. The number of aryl methyl sites for hydroxylation is 1. The van der Waals surface area contributed by atoms with Gasteiger partial charge in [0.25, 0.3) is 0 Å². The molecule has 0 saturated carbocycles. The SMILES string of the molecule is c1ccc(CCCNCC2Cc3ccccc3S2)cc1. The van der Waals surface area contributed by atoms with Crippen molar-refractivity contribution < 1.29 is 0 Å². The largest absolute Gasteiger partial charge is 0.316 e. The van der Waals surface area contributed by atoms with Gasteiger partial charge in [-0.15, -0.1) is 11.8 Å². The van der Waals surface area contributed by atoms with E-state index in [1.165, 1.54) is 35.3 Å². The molecule has 0 saturated heterocycles. The van der Waals surface area contributed by atoms with Crippen molar-refractivity contribution in [2.24, 2.45) is 0 Å². The van der Waals surface area contributed by atoms with Crippen LogP contribution in [0.1, 0.15) is 17.5 Å². The number of fused-ring (bicyclic) bond motifs is 1. The predicted molar refractivity (Wildman–Crippen MR) is 87.4 cm³/mol. The van der Waals surface area contributed by atoms with Crippen molar-refractivity contribution in [3.8, 4) is 0 Å². The molecule has 0 fully saturated rings. The molecular weight excluding hydrogens is 262 g/mol. The minimum absolute atomic E-state index is 0.712. The van der Waals surface area contributed by atoms with Gasteiger partial charge in [-0.05, 0) is 43.0 Å². The third kappa shape index (κ3) is 3.65. The second-order valence-electron chi connectivity index (χ2n) is 5.34. The fraction of sp³-hybridized carbons (Fsp3) is 0.333. The predicted octanol–water partition coefficient (Wildman–Crippen LogP) is 3.93. The van der Waals surface area contributed by atoms with Crippen molar-refractivity contribution in [3.05, 3.63) is 65.7 Å². The first-order valence-electron chi connectivity index (χ1n) is 7.41. The number of thioether (sulfide) groups is 1. The van der Waals surface area contributed by atoms with Gasteiger partial charge in [0.1, 0.15) is 0 Å². The maximum Gasteiger partial charge on any atom is 0.0260 e. The first-order valence-corrected chi connectivity index (χ1v) is 8.29. The average molecular weight is 283 g/mol. The van der Waals surface area contributed by atoms with Crippen molar-refractivity contribution in [2.75, 3.05) is 13.1 Å². The van der Waals surface area contributed by atoms with Gasteiger partial charge in [0.15, 0.2) is 0 Å². The Labute approximate surface area is 125 Å². The monoisotopic (exact) mass is 283 g/mol. The summed E-state index contributed by atoms with van der Waals surface area (Å²) >= 11 is 2.03. The number of benzene rings is 2. The molecule has 2 aromatic carbocycles. The summed E-state index contributed by atoms with van der Waals surface area (Å²) in [6.45, 7) is 2.23. The van der Waals surface area contributed by atoms with Gasteiger partial charge < -0.3 is 5.32 Å². The van der Waals surface area contributed by atoms with Crippen LogP contribution in [0.5, 0.6) is 0 Å². The molecule has 2 aromatic rings. The van der Waals surface area contributed by atoms with Gasteiger partial charge in [-0.2, -0.15) is 0 Å². The molecule has 0 radical (unpaired) electrons. The minimum atomic E-state index is 0.712. The summed E-state index contributed by atoms with van der Waals surface area (Å²) in [5.41, 5.74) is 2.96. The van der Waals surface area contributed by atoms with E-state index in [-0.39, 0.29) is 0 Å². The van der Waals surface area contributed by atoms with E-state index in [1.54, 1.807) is 0 Å². The Bertz CT molecular complexity index is 513. The van der Waals surface area contributed by atoms with Gasteiger partial charge in [0.2, 0.25) is 0 Å². The molecule has 0 aliphatic carbocycles. The van der Waals surface area contributed by atoms with Gasteiger partial charge in [0.05, 0.1) is 0 Å². The van der Waals surface area contributed by atoms with Crippen LogP contribution < -0.4 is 5.32 Å². The lowest BCUT2D eigenvalue weighted by molar-refractivity contribution is 0.634. The Balaban J connectivity index is 1.34. The Morgan fingerprint density at radius 3 is 2.65 bits per heavy atom. The fourth-order valence-electron chi connectivity index (χ4n) is 2.69. The smallest absolute Gasteiger partial charge is 0.0260 e. The molecule has 1 nitrogen and oxygen atoms in total. The highest BCUT2D eigenvalue weighted by molar-refractivity contribution is 8.00. The van der Waals surface area contributed by atoms with Crippen LogP contribution in [0.4, 0.5) is 0 Å². The number of hydrogen-bond donors (Lipinski definition) is 1. The van der Waals surface area contributed by atoms with Crippen LogP contribution >= 0.6 is 11.8 Å². The van der Waals surface area contributed by atoms with Crippen LogP contribution in [0.25, 0.3) is 0 Å². The lowest BCUT2D eigenvalue weighted by Crippen LogP contribution is -2.25. The first kappa shape index (κ1) is 13.7. The molecule has 0 bridgehead atoms. The standard InChI is InChI=1S/C18H21NS/c1-2-7-15(8-3-1)9-6-12-19-14-17-13-16-10-4-5-11-18(16)20-17/h1-5,7-8,10-11,17,19H,6,9,12-14H2. The van der Waals surface area contributed by atoms with Crippen LogP contribution in [0.15, 0.2) is 59.5 Å². The van der Waals surface area contributed by atoms with Crippen LogP contribution in [0.2, 0.25) is 0 Å². The molecular formula is C18H21NS. The zero-order chi connectivity index (χ0) is 13.6. The summed E-state index contributed by atoms with van der Waals surface area (Å²) < 4.78 is 0. The quantitative estimate of drug-likeness (QED) is 0.806. The molecule has 1 unspecified atom stereocenters. The highest BCUT2D eigenvalue weighted by Gasteiger charge is 2.20. The average Bonchev–Trinajstić information content (AvgIpc) is 2.90. The normalized spacial score (nSPS) is 17.1. The molecule has 2 heteroatoms. The Morgan fingerprint density at radius 1 is 1.00 bits per heavy atom. The van der Waals surface area contributed by atoms with Crippen molar-refractivity contribution in [2.45, 2.75) is 29.4 Å². The summed E-state index contributed by atoms with van der Waals surface area (Å²) in [5.74, 6) is 0. The topological polar surface area (TPSA) is 12.0 Å². The molecule has 1 aliphatic heterocycles. The van der Waals surface area contributed by atoms with E-state index in [2.05, 4.69) is 59.9 Å². The summed E-state index contributed by atoms with van der Waals surface area (Å²) in [4.78, 5) is 1.48. The zero-order valence-electron chi connectivity index (χ0n) is 11.7. The Kier molecular flexibility index (Phi) is 4.77. The molecule has 1 atom stereocenters. The van der Waals surface area contributed by atoms with Gasteiger partial charge in [-0.25, -0.2) is 0 Å². The van der Waals surface area contributed by atoms with Crippen molar-refractivity contribution in [3.63, 3.8) is 0 Å². The summed E-state index contributed by atoms with van der Waals surface area (Å²) in [5, 5.41) is 4.32. The van der Waals surface area contributed by atoms with Crippen molar-refractivity contribution in [1.82, 2.24) is 5.32 Å². The molecule has 0 aromatic heterocycles. The summed E-state index contributed by atoms with van der Waals surface area (Å²) in [7, 11) is 0. The first-order chi connectivity index (χ1) is 9.92. The van der Waals surface area contributed by atoms with Crippen molar-refractivity contribution >= 4 is 11.8 Å². The van der Waals surface area contributed by atoms with Crippen LogP contribution in [0.3, 0.4) is 0 Å². The van der Waals surface area contributed by atoms with Gasteiger partial charge in [-0.3, -0.25) is 0 Å². The second kappa shape index (κ2) is 6.96. The fourth-order valence-corrected chi connectivity index (χ4v) is 3.98. The highest BCUT2D eigenvalue weighted by Crippen LogP contribution is 2.36. The van der Waals surface area contributed by atoms with Crippen LogP contribution in [-0.4, -0.2) is 18.3 Å². The third-order valence-electron chi connectivity index (χ3n) is 3.75. The maximum absolute atomic E-state index is 3.61. The number of rotatable bonds is 6. The Morgan fingerprint density at radius 2 is 1.80 bits per heavy atom. The molecule has 20 heavy (non-hydrogen) atoms. The van der Waals surface area contributed by atoms with E-state index in [9.17, 15) is 0 Å². The molecule has 1 aliphatic rings. The Hall–Kier alpha value is -1.25. The molecule has 3 rings (SSSR count). The highest BCUT2D eigenvalue weighted by atomic mass is 32.2. The molecule has 104 valence electrons. The lowest BCUT2D eigenvalue weighted by Gasteiger charge is -2.10. The second-order valence-corrected chi connectivity index (χ2v) is 6.69. The zero-order valence-corrected chi connectivity index (χ0v) is 12.5. The lowest BCUT2D eigenvalue weighted by atomic mass is 10.1. The van der Waals surface area contributed by atoms with E-state index in [4.69, 9.17) is 0 Å². The van der Waals surface area contributed by atoms with Gasteiger partial charge in [-0.1, -0.05) is 48.5 Å². The molecule has 1 heterocycles. The molecule has 1 N–H and O–H groups in total. The van der Waals surface area contributed by atoms with Crippen LogP contribution in [0, 0.1) is 0 Å². The van der Waals surface area contributed by atoms with Gasteiger partial charge in [0, 0.05) is 16.7 Å². The summed E-state index contributed by atoms with van der Waals surface area (Å²) in [6.07, 6.45) is 3.60. The third-order valence-corrected chi connectivity index (χ3v) is 5.07. The van der Waals surface area contributed by atoms with E-state index in [0.717, 1.165) is 13.1 Å². The van der Waals surface area contributed by atoms with E-state index in [0.29, 0.717) is 5.25 Å². The van der Waals surface area contributed by atoms with E-state index < -0.39 is 0 Å².